The molecular weight excluding hydrogens is 274 g/mol. The highest BCUT2D eigenvalue weighted by atomic mass is 19.2. The third kappa shape index (κ3) is 2.89. The number of benzene rings is 1. The molecule has 2 heterocycles. The minimum atomic E-state index is -0.875. The van der Waals surface area contributed by atoms with Crippen LogP contribution in [0.4, 0.5) is 14.5 Å². The number of nitrogens with one attached hydrogen (secondary N) is 2. The highest BCUT2D eigenvalue weighted by Gasteiger charge is 2.08. The molecule has 2 aromatic heterocycles. The quantitative estimate of drug-likeness (QED) is 0.773. The van der Waals surface area contributed by atoms with Crippen LogP contribution in [0.2, 0.25) is 0 Å². The zero-order chi connectivity index (χ0) is 14.7. The number of aromatic amines is 1. The molecule has 0 atom stereocenters. The first-order valence-corrected chi connectivity index (χ1v) is 6.35. The molecule has 0 aliphatic heterocycles. The van der Waals surface area contributed by atoms with Gasteiger partial charge < -0.3 is 5.32 Å². The van der Waals surface area contributed by atoms with Gasteiger partial charge >= 0.3 is 0 Å². The molecule has 0 radical (unpaired) electrons. The molecule has 0 saturated heterocycles. The van der Waals surface area contributed by atoms with Crippen LogP contribution in [-0.4, -0.2) is 15.2 Å². The number of rotatable bonds is 4. The number of H-pyrrole nitrogens is 1. The molecule has 1 aromatic carbocycles. The van der Waals surface area contributed by atoms with Crippen LogP contribution in [0.25, 0.3) is 11.3 Å². The number of halogens is 2. The van der Waals surface area contributed by atoms with E-state index < -0.39 is 11.6 Å². The molecule has 0 amide bonds. The second-order valence-electron chi connectivity index (χ2n) is 4.49. The summed E-state index contributed by atoms with van der Waals surface area (Å²) in [5.74, 6) is -1.74. The van der Waals surface area contributed by atoms with Gasteiger partial charge in [0.2, 0.25) is 0 Å². The van der Waals surface area contributed by atoms with E-state index in [9.17, 15) is 8.78 Å². The molecule has 2 N–H and O–H groups in total. The number of nitrogens with zero attached hydrogens (tertiary/aromatic N) is 2. The molecular formula is C15H12F2N4. The Labute approximate surface area is 119 Å². The van der Waals surface area contributed by atoms with E-state index in [4.69, 9.17) is 0 Å². The zero-order valence-electron chi connectivity index (χ0n) is 11.0. The van der Waals surface area contributed by atoms with Gasteiger partial charge in [-0.1, -0.05) is 0 Å². The lowest BCUT2D eigenvalue weighted by Gasteiger charge is -2.07. The van der Waals surface area contributed by atoms with Crippen molar-refractivity contribution < 1.29 is 8.78 Å². The average molecular weight is 286 g/mol. The first-order valence-electron chi connectivity index (χ1n) is 6.35. The molecule has 0 saturated carbocycles. The van der Waals surface area contributed by atoms with E-state index >= 15 is 0 Å². The maximum atomic E-state index is 13.1. The molecule has 0 fully saturated rings. The Bertz CT molecular complexity index is 740. The fraction of sp³-hybridized carbons (Fsp3) is 0.0667. The predicted molar refractivity (Wildman–Crippen MR) is 75.5 cm³/mol. The Kier molecular flexibility index (Phi) is 3.59. The minimum absolute atomic E-state index is 0.436. The van der Waals surface area contributed by atoms with Gasteiger partial charge in [0.15, 0.2) is 11.6 Å². The van der Waals surface area contributed by atoms with Crippen molar-refractivity contribution in [2.75, 3.05) is 5.32 Å². The van der Waals surface area contributed by atoms with Gasteiger partial charge in [0.25, 0.3) is 0 Å². The van der Waals surface area contributed by atoms with Crippen LogP contribution in [-0.2, 0) is 6.54 Å². The number of hydrogen-bond donors (Lipinski definition) is 2. The molecule has 3 aromatic rings. The van der Waals surface area contributed by atoms with E-state index in [1.54, 1.807) is 18.6 Å². The van der Waals surface area contributed by atoms with E-state index in [0.717, 1.165) is 29.0 Å². The lowest BCUT2D eigenvalue weighted by molar-refractivity contribution is 0.509. The normalized spacial score (nSPS) is 10.6. The third-order valence-electron chi connectivity index (χ3n) is 3.07. The number of hydrogen-bond acceptors (Lipinski definition) is 3. The van der Waals surface area contributed by atoms with Crippen molar-refractivity contribution in [3.63, 3.8) is 0 Å². The fourth-order valence-electron chi connectivity index (χ4n) is 2.01. The van der Waals surface area contributed by atoms with Crippen molar-refractivity contribution in [1.82, 2.24) is 15.2 Å². The van der Waals surface area contributed by atoms with Crippen molar-refractivity contribution in [1.29, 1.82) is 0 Å². The van der Waals surface area contributed by atoms with Crippen LogP contribution in [0.1, 0.15) is 5.56 Å². The molecule has 21 heavy (non-hydrogen) atoms. The summed E-state index contributed by atoms with van der Waals surface area (Å²) in [6.45, 7) is 0.436. The van der Waals surface area contributed by atoms with Crippen LogP contribution in [0.15, 0.2) is 48.9 Å². The van der Waals surface area contributed by atoms with E-state index in [-0.39, 0.29) is 0 Å². The second-order valence-corrected chi connectivity index (χ2v) is 4.49. The third-order valence-corrected chi connectivity index (χ3v) is 3.07. The number of pyridine rings is 1. The molecule has 0 aliphatic rings. The van der Waals surface area contributed by atoms with Crippen LogP contribution in [0.5, 0.6) is 0 Å². The zero-order valence-corrected chi connectivity index (χ0v) is 11.0. The Morgan fingerprint density at radius 3 is 2.76 bits per heavy atom. The van der Waals surface area contributed by atoms with Gasteiger partial charge in [-0.2, -0.15) is 5.10 Å². The van der Waals surface area contributed by atoms with Crippen LogP contribution >= 0.6 is 0 Å². The van der Waals surface area contributed by atoms with E-state index in [1.807, 2.05) is 12.1 Å². The molecule has 106 valence electrons. The predicted octanol–water partition coefficient (Wildman–Crippen LogP) is 3.36. The highest BCUT2D eigenvalue weighted by Crippen LogP contribution is 2.21. The summed E-state index contributed by atoms with van der Waals surface area (Å²) in [5.41, 5.74) is 3.18. The van der Waals surface area contributed by atoms with E-state index in [0.29, 0.717) is 12.2 Å². The van der Waals surface area contributed by atoms with Crippen LogP contribution < -0.4 is 5.32 Å². The fourth-order valence-corrected chi connectivity index (χ4v) is 2.01. The maximum absolute atomic E-state index is 13.1. The van der Waals surface area contributed by atoms with E-state index in [1.165, 1.54) is 6.07 Å². The van der Waals surface area contributed by atoms with Crippen LogP contribution in [0.3, 0.4) is 0 Å². The Morgan fingerprint density at radius 1 is 1.10 bits per heavy atom. The van der Waals surface area contributed by atoms with Gasteiger partial charge in [-0.25, -0.2) is 8.78 Å². The molecule has 6 heteroatoms. The van der Waals surface area contributed by atoms with Crippen molar-refractivity contribution in [2.45, 2.75) is 6.54 Å². The van der Waals surface area contributed by atoms with Crippen molar-refractivity contribution in [3.8, 4) is 11.3 Å². The summed E-state index contributed by atoms with van der Waals surface area (Å²) in [6.07, 6.45) is 5.11. The SMILES string of the molecule is Fc1ccc(NCc2cn[nH]c2-c2cccnc2)cc1F. The lowest BCUT2D eigenvalue weighted by atomic mass is 10.1. The Balaban J connectivity index is 1.77. The number of aromatic nitrogens is 3. The van der Waals surface area contributed by atoms with Gasteiger partial charge in [-0.3, -0.25) is 10.1 Å². The largest absolute Gasteiger partial charge is 0.381 e. The summed E-state index contributed by atoms with van der Waals surface area (Å²) < 4.78 is 26.0. The highest BCUT2D eigenvalue weighted by molar-refractivity contribution is 5.62. The summed E-state index contributed by atoms with van der Waals surface area (Å²) in [7, 11) is 0. The summed E-state index contributed by atoms with van der Waals surface area (Å²) >= 11 is 0. The topological polar surface area (TPSA) is 53.6 Å². The maximum Gasteiger partial charge on any atom is 0.160 e. The van der Waals surface area contributed by atoms with Gasteiger partial charge in [0.1, 0.15) is 0 Å². The number of anilines is 1. The van der Waals surface area contributed by atoms with Crippen molar-refractivity contribution >= 4 is 5.69 Å². The van der Waals surface area contributed by atoms with Crippen molar-refractivity contribution in [3.05, 3.63) is 66.1 Å². The summed E-state index contributed by atoms with van der Waals surface area (Å²) in [6, 6.07) is 7.46. The molecule has 0 bridgehead atoms. The first kappa shape index (κ1) is 13.2. The monoisotopic (exact) mass is 286 g/mol. The second kappa shape index (κ2) is 5.70. The van der Waals surface area contributed by atoms with Gasteiger partial charge in [-0.15, -0.1) is 0 Å². The average Bonchev–Trinajstić information content (AvgIpc) is 2.98. The molecule has 3 rings (SSSR count). The smallest absolute Gasteiger partial charge is 0.160 e. The minimum Gasteiger partial charge on any atom is -0.381 e. The lowest BCUT2D eigenvalue weighted by Crippen LogP contribution is -2.01. The van der Waals surface area contributed by atoms with Gasteiger partial charge in [-0.05, 0) is 24.3 Å². The Morgan fingerprint density at radius 2 is 2.00 bits per heavy atom. The van der Waals surface area contributed by atoms with E-state index in [2.05, 4.69) is 20.5 Å². The summed E-state index contributed by atoms with van der Waals surface area (Å²) in [5, 5.41) is 9.97. The molecule has 4 nitrogen and oxygen atoms in total. The first-order chi connectivity index (χ1) is 10.2. The molecule has 0 spiro atoms. The Hall–Kier alpha value is -2.76. The molecule has 0 unspecified atom stereocenters. The molecule has 0 aliphatic carbocycles. The van der Waals surface area contributed by atoms with Gasteiger partial charge in [0, 0.05) is 41.8 Å². The van der Waals surface area contributed by atoms with Crippen molar-refractivity contribution in [2.24, 2.45) is 0 Å². The summed E-state index contributed by atoms with van der Waals surface area (Å²) in [4.78, 5) is 4.06. The van der Waals surface area contributed by atoms with Gasteiger partial charge in [0.05, 0.1) is 11.9 Å². The van der Waals surface area contributed by atoms with Crippen LogP contribution in [0, 0.1) is 11.6 Å². The standard InChI is InChI=1S/C15H12F2N4/c16-13-4-3-12(6-14(13)17)19-8-11-9-20-21-15(11)10-2-1-5-18-7-10/h1-7,9,19H,8H2,(H,20,21).